The second-order valence-electron chi connectivity index (χ2n) is 4.11. The second kappa shape index (κ2) is 4.18. The molecule has 0 fully saturated rings. The third-order valence-corrected chi connectivity index (χ3v) is 3.00. The van der Waals surface area contributed by atoms with Crippen molar-refractivity contribution < 1.29 is 9.13 Å². The standard InChI is InChI=1S/C15H12FNO/c1-18-15-4-2-3-13-12(15)9-14(17-13)10-5-7-11(16)8-6-10/h2-9,17H,1H3. The van der Waals surface area contributed by atoms with E-state index >= 15 is 0 Å². The van der Waals surface area contributed by atoms with Crippen LogP contribution < -0.4 is 4.74 Å². The Morgan fingerprint density at radius 3 is 2.56 bits per heavy atom. The maximum atomic E-state index is 12.9. The van der Waals surface area contributed by atoms with E-state index in [1.165, 1.54) is 12.1 Å². The van der Waals surface area contributed by atoms with Crippen molar-refractivity contribution in [1.29, 1.82) is 0 Å². The highest BCUT2D eigenvalue weighted by atomic mass is 19.1. The zero-order chi connectivity index (χ0) is 12.5. The molecule has 1 heterocycles. The second-order valence-corrected chi connectivity index (χ2v) is 4.11. The molecule has 0 saturated heterocycles. The fraction of sp³-hybridized carbons (Fsp3) is 0.0667. The minimum Gasteiger partial charge on any atom is -0.496 e. The molecular weight excluding hydrogens is 229 g/mol. The van der Waals surface area contributed by atoms with E-state index in [4.69, 9.17) is 4.74 Å². The summed E-state index contributed by atoms with van der Waals surface area (Å²) in [5.74, 6) is 0.601. The van der Waals surface area contributed by atoms with Crippen LogP contribution >= 0.6 is 0 Å². The molecule has 0 aliphatic rings. The number of fused-ring (bicyclic) bond motifs is 1. The van der Waals surface area contributed by atoms with Crippen molar-refractivity contribution in [2.75, 3.05) is 7.11 Å². The van der Waals surface area contributed by atoms with Gasteiger partial charge in [-0.15, -0.1) is 0 Å². The van der Waals surface area contributed by atoms with E-state index in [-0.39, 0.29) is 5.82 Å². The highest BCUT2D eigenvalue weighted by molar-refractivity contribution is 5.90. The maximum absolute atomic E-state index is 12.9. The Kier molecular flexibility index (Phi) is 2.52. The lowest BCUT2D eigenvalue weighted by molar-refractivity contribution is 0.420. The van der Waals surface area contributed by atoms with Crippen molar-refractivity contribution >= 4 is 10.9 Å². The van der Waals surface area contributed by atoms with Gasteiger partial charge in [-0.2, -0.15) is 0 Å². The Balaban J connectivity index is 2.16. The van der Waals surface area contributed by atoms with Crippen LogP contribution in [0.15, 0.2) is 48.5 Å². The fourth-order valence-electron chi connectivity index (χ4n) is 2.09. The van der Waals surface area contributed by atoms with Crippen LogP contribution in [0.5, 0.6) is 5.75 Å². The summed E-state index contributed by atoms with van der Waals surface area (Å²) >= 11 is 0. The molecule has 90 valence electrons. The molecule has 0 aliphatic heterocycles. The Labute approximate surface area is 104 Å². The van der Waals surface area contributed by atoms with Gasteiger partial charge in [0.2, 0.25) is 0 Å². The lowest BCUT2D eigenvalue weighted by Crippen LogP contribution is -1.81. The summed E-state index contributed by atoms with van der Waals surface area (Å²) < 4.78 is 18.2. The third-order valence-electron chi connectivity index (χ3n) is 3.00. The molecule has 0 amide bonds. The van der Waals surface area contributed by atoms with Crippen molar-refractivity contribution in [1.82, 2.24) is 4.98 Å². The average molecular weight is 241 g/mol. The van der Waals surface area contributed by atoms with Crippen LogP contribution in [0.4, 0.5) is 4.39 Å². The first-order valence-corrected chi connectivity index (χ1v) is 5.69. The number of methoxy groups -OCH3 is 1. The molecule has 1 N–H and O–H groups in total. The summed E-state index contributed by atoms with van der Waals surface area (Å²) in [6.45, 7) is 0. The van der Waals surface area contributed by atoms with Gasteiger partial charge in [-0.3, -0.25) is 0 Å². The van der Waals surface area contributed by atoms with Crippen LogP contribution in [-0.2, 0) is 0 Å². The van der Waals surface area contributed by atoms with Crippen molar-refractivity contribution in [2.45, 2.75) is 0 Å². The first-order chi connectivity index (χ1) is 8.78. The molecule has 18 heavy (non-hydrogen) atoms. The van der Waals surface area contributed by atoms with Crippen LogP contribution in [0.2, 0.25) is 0 Å². The predicted octanol–water partition coefficient (Wildman–Crippen LogP) is 3.98. The summed E-state index contributed by atoms with van der Waals surface area (Å²) in [5, 5.41) is 1.03. The molecule has 3 rings (SSSR count). The van der Waals surface area contributed by atoms with Crippen molar-refractivity contribution in [3.8, 4) is 17.0 Å². The molecule has 2 nitrogen and oxygen atoms in total. The summed E-state index contributed by atoms with van der Waals surface area (Å²) in [4.78, 5) is 3.30. The number of benzene rings is 2. The number of hydrogen-bond donors (Lipinski definition) is 1. The van der Waals surface area contributed by atoms with E-state index in [0.29, 0.717) is 0 Å². The first-order valence-electron chi connectivity index (χ1n) is 5.69. The fourth-order valence-corrected chi connectivity index (χ4v) is 2.09. The largest absolute Gasteiger partial charge is 0.496 e. The minimum atomic E-state index is -0.229. The van der Waals surface area contributed by atoms with Crippen molar-refractivity contribution in [3.05, 3.63) is 54.3 Å². The Bertz CT molecular complexity index is 685. The molecule has 3 aromatic rings. The number of rotatable bonds is 2. The van der Waals surface area contributed by atoms with E-state index in [1.807, 2.05) is 24.3 Å². The summed E-state index contributed by atoms with van der Waals surface area (Å²) in [7, 11) is 1.65. The van der Waals surface area contributed by atoms with E-state index in [1.54, 1.807) is 19.2 Å². The molecule has 0 saturated carbocycles. The average Bonchev–Trinajstić information content (AvgIpc) is 2.83. The number of aromatic amines is 1. The topological polar surface area (TPSA) is 25.0 Å². The summed E-state index contributed by atoms with van der Waals surface area (Å²) in [5.41, 5.74) is 2.91. The van der Waals surface area contributed by atoms with Crippen molar-refractivity contribution in [3.63, 3.8) is 0 Å². The zero-order valence-corrected chi connectivity index (χ0v) is 9.91. The maximum Gasteiger partial charge on any atom is 0.128 e. The minimum absolute atomic E-state index is 0.229. The SMILES string of the molecule is COc1cccc2[nH]c(-c3ccc(F)cc3)cc12. The molecule has 0 spiro atoms. The third kappa shape index (κ3) is 1.74. The van der Waals surface area contributed by atoms with Gasteiger partial charge in [0, 0.05) is 16.6 Å². The predicted molar refractivity (Wildman–Crippen MR) is 70.2 cm³/mol. The highest BCUT2D eigenvalue weighted by Crippen LogP contribution is 2.30. The van der Waals surface area contributed by atoms with Gasteiger partial charge in [0.15, 0.2) is 0 Å². The van der Waals surface area contributed by atoms with Gasteiger partial charge < -0.3 is 9.72 Å². The quantitative estimate of drug-likeness (QED) is 0.721. The van der Waals surface area contributed by atoms with Gasteiger partial charge in [-0.05, 0) is 48.0 Å². The summed E-state index contributed by atoms with van der Waals surface area (Å²) in [6, 6.07) is 14.3. The van der Waals surface area contributed by atoms with Crippen LogP contribution in [0.25, 0.3) is 22.2 Å². The van der Waals surface area contributed by atoms with E-state index in [9.17, 15) is 4.39 Å². The monoisotopic (exact) mass is 241 g/mol. The molecule has 0 bridgehead atoms. The van der Waals surface area contributed by atoms with E-state index in [2.05, 4.69) is 4.98 Å². The number of aromatic nitrogens is 1. The molecular formula is C15H12FNO. The van der Waals surface area contributed by atoms with Crippen LogP contribution in [-0.4, -0.2) is 12.1 Å². The Morgan fingerprint density at radius 1 is 1.06 bits per heavy atom. The molecule has 0 unspecified atom stereocenters. The first kappa shape index (κ1) is 10.8. The lowest BCUT2D eigenvalue weighted by atomic mass is 10.1. The number of H-pyrrole nitrogens is 1. The zero-order valence-electron chi connectivity index (χ0n) is 9.91. The Hall–Kier alpha value is -2.29. The van der Waals surface area contributed by atoms with Gasteiger partial charge in [-0.25, -0.2) is 4.39 Å². The smallest absolute Gasteiger partial charge is 0.128 e. The molecule has 1 aromatic heterocycles. The number of halogens is 1. The summed E-state index contributed by atoms with van der Waals surface area (Å²) in [6.07, 6.45) is 0. The number of nitrogens with one attached hydrogen (secondary N) is 1. The molecule has 0 atom stereocenters. The lowest BCUT2D eigenvalue weighted by Gasteiger charge is -1.99. The van der Waals surface area contributed by atoms with Gasteiger partial charge in [0.1, 0.15) is 11.6 Å². The molecule has 2 aromatic carbocycles. The van der Waals surface area contributed by atoms with Crippen LogP contribution in [0, 0.1) is 5.82 Å². The highest BCUT2D eigenvalue weighted by Gasteiger charge is 2.07. The van der Waals surface area contributed by atoms with Gasteiger partial charge >= 0.3 is 0 Å². The molecule has 0 aliphatic carbocycles. The molecule has 3 heteroatoms. The normalized spacial score (nSPS) is 10.8. The van der Waals surface area contributed by atoms with Crippen molar-refractivity contribution in [2.24, 2.45) is 0 Å². The van der Waals surface area contributed by atoms with Gasteiger partial charge in [-0.1, -0.05) is 6.07 Å². The number of ether oxygens (including phenoxy) is 1. The van der Waals surface area contributed by atoms with Gasteiger partial charge in [0.05, 0.1) is 7.11 Å². The Morgan fingerprint density at radius 2 is 1.83 bits per heavy atom. The van der Waals surface area contributed by atoms with Crippen LogP contribution in [0.1, 0.15) is 0 Å². The van der Waals surface area contributed by atoms with Crippen LogP contribution in [0.3, 0.4) is 0 Å². The number of hydrogen-bond acceptors (Lipinski definition) is 1. The van der Waals surface area contributed by atoms with E-state index < -0.39 is 0 Å². The molecule has 0 radical (unpaired) electrons. The van der Waals surface area contributed by atoms with Gasteiger partial charge in [0.25, 0.3) is 0 Å². The van der Waals surface area contributed by atoms with E-state index in [0.717, 1.165) is 27.9 Å².